The molecule has 0 heterocycles. The summed E-state index contributed by atoms with van der Waals surface area (Å²) in [6.07, 6.45) is 3.54. The Balaban J connectivity index is 2.48. The van der Waals surface area contributed by atoms with Crippen molar-refractivity contribution in [2.24, 2.45) is 11.8 Å². The van der Waals surface area contributed by atoms with E-state index in [1.807, 2.05) is 6.92 Å². The Hall–Kier alpha value is -0.770. The number of likely N-dealkylation sites (N-methyl/N-ethyl adjacent to an activating group) is 1. The molecule has 3 atom stereocenters. The number of nitrogens with zero attached hydrogens (tertiary/aromatic N) is 1. The largest absolute Gasteiger partial charge is 0.395 e. The topological polar surface area (TPSA) is 52.6 Å². The number of hydrogen-bond acceptors (Lipinski definition) is 2. The van der Waals surface area contributed by atoms with Gasteiger partial charge in [-0.15, -0.1) is 0 Å². The van der Waals surface area contributed by atoms with Crippen LogP contribution in [-0.4, -0.2) is 41.8 Å². The molecule has 0 aromatic heterocycles. The van der Waals surface area contributed by atoms with Gasteiger partial charge >= 0.3 is 6.03 Å². The minimum atomic E-state index is -0.0347. The van der Waals surface area contributed by atoms with Crippen LogP contribution in [0.3, 0.4) is 0 Å². The van der Waals surface area contributed by atoms with E-state index in [1.165, 1.54) is 12.8 Å². The lowest BCUT2D eigenvalue weighted by atomic mass is 9.78. The van der Waals surface area contributed by atoms with Crippen LogP contribution in [-0.2, 0) is 0 Å². The molecule has 100 valence electrons. The lowest BCUT2D eigenvalue weighted by Gasteiger charge is -2.35. The third-order valence-corrected chi connectivity index (χ3v) is 4.05. The summed E-state index contributed by atoms with van der Waals surface area (Å²) in [5.74, 6) is 1.22. The minimum Gasteiger partial charge on any atom is -0.395 e. The van der Waals surface area contributed by atoms with Gasteiger partial charge in [-0.2, -0.15) is 0 Å². The monoisotopic (exact) mass is 242 g/mol. The fourth-order valence-electron chi connectivity index (χ4n) is 2.56. The first-order chi connectivity index (χ1) is 8.10. The summed E-state index contributed by atoms with van der Waals surface area (Å²) in [4.78, 5) is 13.6. The van der Waals surface area contributed by atoms with E-state index in [0.717, 1.165) is 6.42 Å². The van der Waals surface area contributed by atoms with E-state index in [0.29, 0.717) is 31.0 Å². The molecule has 4 nitrogen and oxygen atoms in total. The molecule has 0 aliphatic heterocycles. The maximum atomic E-state index is 12.0. The van der Waals surface area contributed by atoms with Crippen LogP contribution in [0.25, 0.3) is 0 Å². The van der Waals surface area contributed by atoms with E-state index < -0.39 is 0 Å². The van der Waals surface area contributed by atoms with Crippen molar-refractivity contribution in [3.63, 3.8) is 0 Å². The molecule has 0 bridgehead atoms. The van der Waals surface area contributed by atoms with Crippen molar-refractivity contribution in [1.29, 1.82) is 0 Å². The quantitative estimate of drug-likeness (QED) is 0.790. The molecule has 1 saturated carbocycles. The SMILES string of the molecule is CCN(CCO)C(=O)N[C@@H]1CCC[C@H](C)[C@@H]1C. The predicted molar refractivity (Wildman–Crippen MR) is 68.8 cm³/mol. The molecule has 1 aliphatic rings. The molecule has 2 N–H and O–H groups in total. The molecule has 0 unspecified atom stereocenters. The minimum absolute atomic E-state index is 0.0257. The second-order valence-corrected chi connectivity index (χ2v) is 5.13. The highest BCUT2D eigenvalue weighted by Crippen LogP contribution is 2.29. The van der Waals surface area contributed by atoms with E-state index in [1.54, 1.807) is 4.90 Å². The van der Waals surface area contributed by atoms with Gasteiger partial charge in [0.25, 0.3) is 0 Å². The van der Waals surface area contributed by atoms with E-state index >= 15 is 0 Å². The highest BCUT2D eigenvalue weighted by atomic mass is 16.3. The summed E-state index contributed by atoms with van der Waals surface area (Å²) in [6, 6.07) is 0.256. The Kier molecular flexibility index (Phi) is 5.75. The van der Waals surface area contributed by atoms with Crippen LogP contribution in [0.5, 0.6) is 0 Å². The molecule has 0 saturated heterocycles. The number of nitrogens with one attached hydrogen (secondary N) is 1. The molecule has 0 aromatic carbocycles. The number of rotatable bonds is 4. The van der Waals surface area contributed by atoms with Crippen molar-refractivity contribution >= 4 is 6.03 Å². The molecule has 2 amide bonds. The number of amides is 2. The number of urea groups is 1. The Morgan fingerprint density at radius 2 is 2.12 bits per heavy atom. The highest BCUT2D eigenvalue weighted by molar-refractivity contribution is 5.74. The van der Waals surface area contributed by atoms with Crippen molar-refractivity contribution in [3.8, 4) is 0 Å². The number of aliphatic hydroxyl groups is 1. The van der Waals surface area contributed by atoms with Crippen LogP contribution < -0.4 is 5.32 Å². The molecule has 4 heteroatoms. The van der Waals surface area contributed by atoms with Gasteiger partial charge in [0.1, 0.15) is 0 Å². The van der Waals surface area contributed by atoms with E-state index in [2.05, 4.69) is 19.2 Å². The first-order valence-electron chi connectivity index (χ1n) is 6.76. The zero-order valence-electron chi connectivity index (χ0n) is 11.3. The summed E-state index contributed by atoms with van der Waals surface area (Å²) >= 11 is 0. The van der Waals surface area contributed by atoms with E-state index in [-0.39, 0.29) is 12.6 Å². The molecule has 17 heavy (non-hydrogen) atoms. The lowest BCUT2D eigenvalue weighted by molar-refractivity contribution is 0.158. The van der Waals surface area contributed by atoms with Gasteiger partial charge in [0.2, 0.25) is 0 Å². The zero-order valence-corrected chi connectivity index (χ0v) is 11.3. The summed E-state index contributed by atoms with van der Waals surface area (Å²) in [5.41, 5.74) is 0. The van der Waals surface area contributed by atoms with Gasteiger partial charge in [0.05, 0.1) is 6.61 Å². The van der Waals surface area contributed by atoms with Gasteiger partial charge in [-0.25, -0.2) is 4.79 Å². The van der Waals surface area contributed by atoms with Crippen molar-refractivity contribution in [3.05, 3.63) is 0 Å². The van der Waals surface area contributed by atoms with Crippen LogP contribution in [0.15, 0.2) is 0 Å². The lowest BCUT2D eigenvalue weighted by Crippen LogP contribution is -2.50. The number of aliphatic hydroxyl groups excluding tert-OH is 1. The van der Waals surface area contributed by atoms with Crippen LogP contribution in [0, 0.1) is 11.8 Å². The summed E-state index contributed by atoms with van der Waals surface area (Å²) in [5, 5.41) is 12.0. The summed E-state index contributed by atoms with van der Waals surface area (Å²) in [6.45, 7) is 7.49. The van der Waals surface area contributed by atoms with Gasteiger partial charge in [-0.1, -0.05) is 26.7 Å². The van der Waals surface area contributed by atoms with Gasteiger partial charge in [0.15, 0.2) is 0 Å². The first kappa shape index (κ1) is 14.3. The third kappa shape index (κ3) is 3.87. The maximum absolute atomic E-state index is 12.0. The fourth-order valence-corrected chi connectivity index (χ4v) is 2.56. The van der Waals surface area contributed by atoms with Gasteiger partial charge in [-0.3, -0.25) is 0 Å². The van der Waals surface area contributed by atoms with Crippen LogP contribution in [0.2, 0.25) is 0 Å². The Morgan fingerprint density at radius 3 is 2.71 bits per heavy atom. The molecular weight excluding hydrogens is 216 g/mol. The van der Waals surface area contributed by atoms with E-state index in [4.69, 9.17) is 5.11 Å². The molecule has 0 spiro atoms. The third-order valence-electron chi connectivity index (χ3n) is 4.05. The Bertz CT molecular complexity index is 246. The Morgan fingerprint density at radius 1 is 1.41 bits per heavy atom. The molecular formula is C13H26N2O2. The average Bonchev–Trinajstić information content (AvgIpc) is 2.31. The molecule has 1 fully saturated rings. The summed E-state index contributed by atoms with van der Waals surface area (Å²) in [7, 11) is 0. The van der Waals surface area contributed by atoms with Crippen LogP contribution in [0.1, 0.15) is 40.0 Å². The molecule has 0 aromatic rings. The van der Waals surface area contributed by atoms with Crippen molar-refractivity contribution in [2.75, 3.05) is 19.7 Å². The van der Waals surface area contributed by atoms with Crippen molar-refractivity contribution < 1.29 is 9.90 Å². The Labute approximate surface area is 104 Å². The predicted octanol–water partition coefficient (Wildman–Crippen LogP) is 1.83. The normalized spacial score (nSPS) is 28.8. The first-order valence-corrected chi connectivity index (χ1v) is 6.76. The standard InChI is InChI=1S/C13H26N2O2/c1-4-15(8-9-16)13(17)14-12-7-5-6-10(2)11(12)3/h10-12,16H,4-9H2,1-3H3,(H,14,17)/t10-,11-,12+/m0/s1. The number of carbonyl (C=O) groups excluding carboxylic acids is 1. The molecule has 0 radical (unpaired) electrons. The second-order valence-electron chi connectivity index (χ2n) is 5.13. The average molecular weight is 242 g/mol. The van der Waals surface area contributed by atoms with Crippen molar-refractivity contribution in [1.82, 2.24) is 10.2 Å². The number of hydrogen-bond donors (Lipinski definition) is 2. The second kappa shape index (κ2) is 6.84. The van der Waals surface area contributed by atoms with Crippen LogP contribution in [0.4, 0.5) is 4.79 Å². The van der Waals surface area contributed by atoms with Gasteiger partial charge in [0, 0.05) is 19.1 Å². The molecule has 1 aliphatic carbocycles. The van der Waals surface area contributed by atoms with Crippen LogP contribution >= 0.6 is 0 Å². The fraction of sp³-hybridized carbons (Fsp3) is 0.923. The van der Waals surface area contributed by atoms with Gasteiger partial charge in [-0.05, 0) is 25.2 Å². The number of carbonyl (C=O) groups is 1. The molecule has 1 rings (SSSR count). The zero-order chi connectivity index (χ0) is 12.8. The summed E-state index contributed by atoms with van der Waals surface area (Å²) < 4.78 is 0. The maximum Gasteiger partial charge on any atom is 0.317 e. The highest BCUT2D eigenvalue weighted by Gasteiger charge is 2.28. The van der Waals surface area contributed by atoms with E-state index in [9.17, 15) is 4.79 Å². The smallest absolute Gasteiger partial charge is 0.317 e. The van der Waals surface area contributed by atoms with Crippen molar-refractivity contribution in [2.45, 2.75) is 46.1 Å². The van der Waals surface area contributed by atoms with Gasteiger partial charge < -0.3 is 15.3 Å².